The van der Waals surface area contributed by atoms with Crippen LogP contribution >= 0.6 is 35.0 Å². The van der Waals surface area contributed by atoms with E-state index in [1.165, 1.54) is 17.8 Å². The second kappa shape index (κ2) is 6.64. The van der Waals surface area contributed by atoms with Crippen LogP contribution in [0.3, 0.4) is 0 Å². The molecule has 8 heteroatoms. The highest BCUT2D eigenvalue weighted by Gasteiger charge is 2.12. The van der Waals surface area contributed by atoms with E-state index in [0.717, 1.165) is 5.69 Å². The lowest BCUT2D eigenvalue weighted by Crippen LogP contribution is -1.99. The maximum Gasteiger partial charge on any atom is 0.214 e. The van der Waals surface area contributed by atoms with Crippen molar-refractivity contribution < 1.29 is 4.39 Å². The fraction of sp³-hybridized carbons (Fsp3) is 0.0714. The molecule has 112 valence electrons. The lowest BCUT2D eigenvalue weighted by Gasteiger charge is -2.06. The van der Waals surface area contributed by atoms with E-state index in [1.807, 2.05) is 0 Å². The molecule has 1 aromatic heterocycles. The summed E-state index contributed by atoms with van der Waals surface area (Å²) in [6.45, 7) is 0. The van der Waals surface area contributed by atoms with Crippen LogP contribution in [0.1, 0.15) is 5.56 Å². The van der Waals surface area contributed by atoms with Gasteiger partial charge in [0.15, 0.2) is 0 Å². The van der Waals surface area contributed by atoms with Crippen molar-refractivity contribution in [2.24, 2.45) is 0 Å². The maximum absolute atomic E-state index is 13.8. The molecule has 0 radical (unpaired) electrons. The van der Waals surface area contributed by atoms with Crippen LogP contribution in [0.15, 0.2) is 47.6 Å². The van der Waals surface area contributed by atoms with Crippen molar-refractivity contribution in [3.8, 4) is 5.69 Å². The second-order valence-electron chi connectivity index (χ2n) is 4.34. The normalized spacial score (nSPS) is 10.9. The Morgan fingerprint density at radius 1 is 1.09 bits per heavy atom. The molecule has 0 N–H and O–H groups in total. The van der Waals surface area contributed by atoms with E-state index < -0.39 is 0 Å². The van der Waals surface area contributed by atoms with Crippen molar-refractivity contribution in [1.82, 2.24) is 20.2 Å². The summed E-state index contributed by atoms with van der Waals surface area (Å²) in [5.41, 5.74) is 1.20. The quantitative estimate of drug-likeness (QED) is 0.651. The van der Waals surface area contributed by atoms with E-state index >= 15 is 0 Å². The predicted molar refractivity (Wildman–Crippen MR) is 85.1 cm³/mol. The van der Waals surface area contributed by atoms with Crippen molar-refractivity contribution in [2.75, 3.05) is 0 Å². The average molecular weight is 355 g/mol. The lowest BCUT2D eigenvalue weighted by molar-refractivity contribution is 0.617. The van der Waals surface area contributed by atoms with Crippen LogP contribution in [-0.4, -0.2) is 20.2 Å². The number of nitrogens with zero attached hydrogens (tertiary/aromatic N) is 4. The highest BCUT2D eigenvalue weighted by molar-refractivity contribution is 7.98. The molecule has 4 nitrogen and oxygen atoms in total. The standard InChI is InChI=1S/C14H9Cl2FN4S/c15-9-4-6-10(7-5-9)21-14(18-19-20-21)22-8-11-12(16)2-1-3-13(11)17/h1-7H,8H2. The average Bonchev–Trinajstić information content (AvgIpc) is 2.96. The van der Waals surface area contributed by atoms with E-state index in [-0.39, 0.29) is 5.82 Å². The third-order valence-corrected chi connectivity index (χ3v) is 4.47. The second-order valence-corrected chi connectivity index (χ2v) is 6.12. The number of rotatable bonds is 4. The highest BCUT2D eigenvalue weighted by atomic mass is 35.5. The first-order chi connectivity index (χ1) is 10.6. The van der Waals surface area contributed by atoms with Gasteiger partial charge in [0.25, 0.3) is 0 Å². The summed E-state index contributed by atoms with van der Waals surface area (Å²) in [6.07, 6.45) is 0. The fourth-order valence-corrected chi connectivity index (χ4v) is 3.18. The third-order valence-electron chi connectivity index (χ3n) is 2.92. The molecule has 0 atom stereocenters. The predicted octanol–water partition coefficient (Wildman–Crippen LogP) is 4.40. The van der Waals surface area contributed by atoms with Crippen LogP contribution in [0.25, 0.3) is 5.69 Å². The van der Waals surface area contributed by atoms with Gasteiger partial charge in [-0.3, -0.25) is 0 Å². The fourth-order valence-electron chi connectivity index (χ4n) is 1.82. The molecule has 0 bridgehead atoms. The van der Waals surface area contributed by atoms with Gasteiger partial charge in [-0.2, -0.15) is 4.68 Å². The van der Waals surface area contributed by atoms with Gasteiger partial charge in [-0.15, -0.1) is 5.10 Å². The Morgan fingerprint density at radius 2 is 1.86 bits per heavy atom. The van der Waals surface area contributed by atoms with E-state index in [0.29, 0.717) is 26.5 Å². The monoisotopic (exact) mass is 354 g/mol. The molecule has 0 aliphatic carbocycles. The molecule has 0 saturated carbocycles. The van der Waals surface area contributed by atoms with Gasteiger partial charge in [0.05, 0.1) is 5.69 Å². The SMILES string of the molecule is Fc1cccc(Cl)c1CSc1nnnn1-c1ccc(Cl)cc1. The van der Waals surface area contributed by atoms with Crippen LogP contribution in [0.4, 0.5) is 4.39 Å². The molecule has 22 heavy (non-hydrogen) atoms. The summed E-state index contributed by atoms with van der Waals surface area (Å²) in [4.78, 5) is 0. The minimum atomic E-state index is -0.342. The molecule has 0 aliphatic heterocycles. The minimum absolute atomic E-state index is 0.333. The van der Waals surface area contributed by atoms with E-state index in [9.17, 15) is 4.39 Å². The smallest absolute Gasteiger partial charge is 0.207 e. The van der Waals surface area contributed by atoms with Crippen LogP contribution in [0.5, 0.6) is 0 Å². The Hall–Kier alpha value is -1.63. The minimum Gasteiger partial charge on any atom is -0.207 e. The van der Waals surface area contributed by atoms with E-state index in [4.69, 9.17) is 23.2 Å². The molecular weight excluding hydrogens is 346 g/mol. The van der Waals surface area contributed by atoms with Gasteiger partial charge in [-0.1, -0.05) is 41.0 Å². The molecule has 0 saturated heterocycles. The molecule has 0 amide bonds. The van der Waals surface area contributed by atoms with Crippen LogP contribution in [-0.2, 0) is 5.75 Å². The van der Waals surface area contributed by atoms with Crippen LogP contribution in [0, 0.1) is 5.82 Å². The molecule has 3 rings (SSSR count). The summed E-state index contributed by atoms with van der Waals surface area (Å²) in [7, 11) is 0. The summed E-state index contributed by atoms with van der Waals surface area (Å²) >= 11 is 13.2. The van der Waals surface area contributed by atoms with Gasteiger partial charge >= 0.3 is 0 Å². The first-order valence-electron chi connectivity index (χ1n) is 6.25. The number of benzene rings is 2. The first-order valence-corrected chi connectivity index (χ1v) is 7.99. The zero-order valence-electron chi connectivity index (χ0n) is 11.1. The first kappa shape index (κ1) is 15.3. The van der Waals surface area contributed by atoms with E-state index in [1.54, 1.807) is 41.1 Å². The van der Waals surface area contributed by atoms with Crippen LogP contribution < -0.4 is 0 Å². The number of hydrogen-bond donors (Lipinski definition) is 0. The molecule has 0 aliphatic rings. The Bertz CT molecular complexity index is 772. The molecule has 3 aromatic rings. The van der Waals surface area contributed by atoms with Crippen LogP contribution in [0.2, 0.25) is 10.0 Å². The number of tetrazole rings is 1. The summed E-state index contributed by atoms with van der Waals surface area (Å²) < 4.78 is 15.3. The van der Waals surface area contributed by atoms with Crippen molar-refractivity contribution >= 4 is 35.0 Å². The van der Waals surface area contributed by atoms with Gasteiger partial charge in [0.1, 0.15) is 5.82 Å². The molecular formula is C14H9Cl2FN4S. The Balaban J connectivity index is 1.83. The highest BCUT2D eigenvalue weighted by Crippen LogP contribution is 2.28. The molecule has 2 aromatic carbocycles. The summed E-state index contributed by atoms with van der Waals surface area (Å²) in [6, 6.07) is 11.7. The van der Waals surface area contributed by atoms with Gasteiger partial charge in [-0.05, 0) is 46.8 Å². The van der Waals surface area contributed by atoms with Crippen molar-refractivity contribution in [3.63, 3.8) is 0 Å². The topological polar surface area (TPSA) is 43.6 Å². The number of halogens is 3. The Morgan fingerprint density at radius 3 is 2.59 bits per heavy atom. The van der Waals surface area contributed by atoms with Gasteiger partial charge < -0.3 is 0 Å². The van der Waals surface area contributed by atoms with Gasteiger partial charge in [0, 0.05) is 21.4 Å². The van der Waals surface area contributed by atoms with Crippen molar-refractivity contribution in [2.45, 2.75) is 10.9 Å². The number of aromatic nitrogens is 4. The summed E-state index contributed by atoms with van der Waals surface area (Å²) in [5, 5.41) is 13.1. The zero-order valence-corrected chi connectivity index (χ0v) is 13.4. The lowest BCUT2D eigenvalue weighted by atomic mass is 10.2. The van der Waals surface area contributed by atoms with E-state index in [2.05, 4.69) is 15.5 Å². The third kappa shape index (κ3) is 3.24. The van der Waals surface area contributed by atoms with Gasteiger partial charge in [0.2, 0.25) is 5.16 Å². The Labute approximate surface area is 140 Å². The zero-order chi connectivity index (χ0) is 15.5. The number of thioether (sulfide) groups is 1. The Kier molecular flexibility index (Phi) is 4.61. The molecule has 0 unspecified atom stereocenters. The largest absolute Gasteiger partial charge is 0.214 e. The van der Waals surface area contributed by atoms with Crippen molar-refractivity contribution in [3.05, 3.63) is 63.9 Å². The number of hydrogen-bond acceptors (Lipinski definition) is 4. The molecule has 0 spiro atoms. The molecule has 0 fully saturated rings. The van der Waals surface area contributed by atoms with Crippen molar-refractivity contribution in [1.29, 1.82) is 0 Å². The summed E-state index contributed by atoms with van der Waals surface area (Å²) in [5.74, 6) is -0.00931. The molecule has 1 heterocycles. The van der Waals surface area contributed by atoms with Gasteiger partial charge in [-0.25, -0.2) is 4.39 Å². The maximum atomic E-state index is 13.8.